The second-order valence-corrected chi connectivity index (χ2v) is 16.1. The average Bonchev–Trinajstić information content (AvgIpc) is 2.99. The van der Waals surface area contributed by atoms with E-state index in [9.17, 15) is 9.59 Å². The quantitative estimate of drug-likeness (QED) is 0.399. The molecule has 0 saturated heterocycles. The second-order valence-electron chi connectivity index (χ2n) is 9.57. The van der Waals surface area contributed by atoms with Gasteiger partial charge in [-0.2, -0.15) is 0 Å². The summed E-state index contributed by atoms with van der Waals surface area (Å²) >= 11 is 4.64. The van der Waals surface area contributed by atoms with Gasteiger partial charge in [-0.25, -0.2) is 9.69 Å². The largest absolute Gasteiger partial charge is 0.544 e. The lowest BCUT2D eigenvalue weighted by Gasteiger charge is -2.36. The number of nitrogens with zero attached hydrogens (tertiary/aromatic N) is 1. The normalized spacial score (nSPS) is 12.4. The monoisotopic (exact) mass is 511 g/mol. The predicted molar refractivity (Wildman–Crippen MR) is 129 cm³/mol. The lowest BCUT2D eigenvalue weighted by Crippen LogP contribution is -2.43. The van der Waals surface area contributed by atoms with Crippen LogP contribution in [0.2, 0.25) is 18.1 Å². The summed E-state index contributed by atoms with van der Waals surface area (Å²) in [7, 11) is -1.99. The summed E-state index contributed by atoms with van der Waals surface area (Å²) in [5.41, 5.74) is -0.301. The molecular formula is C22H30BrNO4SSi. The number of halogens is 1. The first-order valence-corrected chi connectivity index (χ1v) is 14.3. The molecule has 2 rings (SSSR count). The van der Waals surface area contributed by atoms with E-state index in [-0.39, 0.29) is 5.04 Å². The van der Waals surface area contributed by atoms with Gasteiger partial charge in [-0.15, -0.1) is 11.3 Å². The molecule has 0 fully saturated rings. The molecule has 2 amide bonds. The van der Waals surface area contributed by atoms with Crippen LogP contribution in [0.25, 0.3) is 0 Å². The Kier molecular flexibility index (Phi) is 7.26. The summed E-state index contributed by atoms with van der Waals surface area (Å²) < 4.78 is 12.5. The van der Waals surface area contributed by atoms with Gasteiger partial charge in [0.1, 0.15) is 16.2 Å². The Labute approximate surface area is 192 Å². The van der Waals surface area contributed by atoms with Crippen molar-refractivity contribution >= 4 is 53.3 Å². The maximum Gasteiger partial charge on any atom is 0.422 e. The summed E-state index contributed by atoms with van der Waals surface area (Å²) in [4.78, 5) is 27.6. The van der Waals surface area contributed by atoms with E-state index in [1.54, 1.807) is 56.5 Å². The Bertz CT molecular complexity index is 910. The Balaban J connectivity index is 2.38. The highest BCUT2D eigenvalue weighted by molar-refractivity contribution is 9.10. The number of anilines is 1. The van der Waals surface area contributed by atoms with Crippen molar-refractivity contribution in [2.75, 3.05) is 4.90 Å². The van der Waals surface area contributed by atoms with Gasteiger partial charge in [0.25, 0.3) is 5.91 Å². The third kappa shape index (κ3) is 5.95. The van der Waals surface area contributed by atoms with Crippen LogP contribution in [0.1, 0.15) is 51.2 Å². The molecule has 2 aromatic rings. The minimum atomic E-state index is -1.99. The third-order valence-corrected chi connectivity index (χ3v) is 11.0. The number of rotatable bonds is 4. The van der Waals surface area contributed by atoms with E-state index < -0.39 is 25.9 Å². The Hall–Kier alpha value is -1.64. The number of ether oxygens (including phenoxy) is 1. The van der Waals surface area contributed by atoms with Gasteiger partial charge in [0, 0.05) is 4.47 Å². The highest BCUT2D eigenvalue weighted by Crippen LogP contribution is 2.38. The lowest BCUT2D eigenvalue weighted by atomic mass is 10.2. The predicted octanol–water partition coefficient (Wildman–Crippen LogP) is 7.48. The van der Waals surface area contributed by atoms with Crippen LogP contribution in [0.4, 0.5) is 10.5 Å². The minimum absolute atomic E-state index is 0.0651. The molecule has 0 radical (unpaired) electrons. The van der Waals surface area contributed by atoms with Gasteiger partial charge in [0.15, 0.2) is 0 Å². The Morgan fingerprint density at radius 3 is 2.00 bits per heavy atom. The fraction of sp³-hybridized carbons (Fsp3) is 0.455. The van der Waals surface area contributed by atoms with Crippen molar-refractivity contribution in [1.82, 2.24) is 0 Å². The molecule has 0 aliphatic heterocycles. The SMILES string of the molecule is CC(C)(C)OC(=O)N(C(=O)c1sccc1Br)c1ccc(O[Si](C)(C)C(C)(C)C)cc1. The van der Waals surface area contributed by atoms with E-state index in [2.05, 4.69) is 49.8 Å². The summed E-state index contributed by atoms with van der Waals surface area (Å²) in [6.45, 7) is 16.2. The lowest BCUT2D eigenvalue weighted by molar-refractivity contribution is 0.0565. The van der Waals surface area contributed by atoms with Gasteiger partial charge >= 0.3 is 6.09 Å². The zero-order chi connectivity index (χ0) is 22.9. The van der Waals surface area contributed by atoms with Crippen molar-refractivity contribution < 1.29 is 18.8 Å². The van der Waals surface area contributed by atoms with Crippen LogP contribution in [0, 0.1) is 0 Å². The highest BCUT2D eigenvalue weighted by Gasteiger charge is 2.39. The van der Waals surface area contributed by atoms with Gasteiger partial charge in [0.05, 0.1) is 5.69 Å². The Morgan fingerprint density at radius 2 is 1.57 bits per heavy atom. The highest BCUT2D eigenvalue weighted by atomic mass is 79.9. The zero-order valence-corrected chi connectivity index (χ0v) is 22.2. The third-order valence-electron chi connectivity index (χ3n) is 4.86. The smallest absolute Gasteiger partial charge is 0.422 e. The van der Waals surface area contributed by atoms with Gasteiger partial charge < -0.3 is 9.16 Å². The van der Waals surface area contributed by atoms with Gasteiger partial charge in [0.2, 0.25) is 8.32 Å². The fourth-order valence-electron chi connectivity index (χ4n) is 2.27. The van der Waals surface area contributed by atoms with E-state index >= 15 is 0 Å². The van der Waals surface area contributed by atoms with E-state index in [1.807, 2.05) is 0 Å². The number of benzene rings is 1. The molecule has 0 atom stereocenters. The van der Waals surface area contributed by atoms with Gasteiger partial charge in [-0.05, 0) is 90.5 Å². The van der Waals surface area contributed by atoms with Crippen LogP contribution in [0.5, 0.6) is 5.75 Å². The van der Waals surface area contributed by atoms with E-state index in [0.29, 0.717) is 15.0 Å². The van der Waals surface area contributed by atoms with Crippen LogP contribution in [-0.4, -0.2) is 25.9 Å². The molecule has 0 N–H and O–H groups in total. The second kappa shape index (κ2) is 8.84. The van der Waals surface area contributed by atoms with Gasteiger partial charge in [-0.3, -0.25) is 4.79 Å². The minimum Gasteiger partial charge on any atom is -0.544 e. The summed E-state index contributed by atoms with van der Waals surface area (Å²) in [6.07, 6.45) is -0.717. The molecule has 0 bridgehead atoms. The van der Waals surface area contributed by atoms with Gasteiger partial charge in [-0.1, -0.05) is 20.8 Å². The molecule has 1 heterocycles. The molecule has 1 aromatic heterocycles. The van der Waals surface area contributed by atoms with E-state index in [0.717, 1.165) is 10.6 Å². The summed E-state index contributed by atoms with van der Waals surface area (Å²) in [5, 5.41) is 1.86. The molecule has 164 valence electrons. The fourth-order valence-corrected chi connectivity index (χ4v) is 4.77. The summed E-state index contributed by atoms with van der Waals surface area (Å²) in [5.74, 6) is 0.281. The van der Waals surface area contributed by atoms with Crippen LogP contribution < -0.4 is 9.33 Å². The molecule has 0 saturated carbocycles. The Morgan fingerprint density at radius 1 is 1.00 bits per heavy atom. The molecule has 0 aliphatic rings. The van der Waals surface area contributed by atoms with Crippen molar-refractivity contribution in [2.45, 2.75) is 65.3 Å². The van der Waals surface area contributed by atoms with E-state index in [4.69, 9.17) is 9.16 Å². The van der Waals surface area contributed by atoms with Crippen molar-refractivity contribution in [3.05, 3.63) is 45.1 Å². The van der Waals surface area contributed by atoms with Crippen LogP contribution in [0.3, 0.4) is 0 Å². The van der Waals surface area contributed by atoms with Crippen LogP contribution in [-0.2, 0) is 4.74 Å². The van der Waals surface area contributed by atoms with Crippen molar-refractivity contribution in [1.29, 1.82) is 0 Å². The number of amides is 2. The molecule has 0 unspecified atom stereocenters. The number of hydrogen-bond acceptors (Lipinski definition) is 5. The van der Waals surface area contributed by atoms with Crippen LogP contribution >= 0.6 is 27.3 Å². The molecule has 5 nitrogen and oxygen atoms in total. The average molecular weight is 513 g/mol. The molecule has 1 aromatic carbocycles. The number of thiophene rings is 1. The number of imide groups is 1. The molecule has 0 spiro atoms. The standard InChI is InChI=1S/C22H30BrNO4SSi/c1-21(2,3)27-20(26)24(19(25)18-17(23)13-14-29-18)15-9-11-16(12-10-15)28-30(7,8)22(4,5)6/h9-14H,1-8H3. The number of carbonyl (C=O) groups is 2. The molecular weight excluding hydrogens is 482 g/mol. The number of hydrogen-bond donors (Lipinski definition) is 0. The zero-order valence-electron chi connectivity index (χ0n) is 18.8. The van der Waals surface area contributed by atoms with E-state index in [1.165, 1.54) is 11.3 Å². The maximum absolute atomic E-state index is 13.2. The van der Waals surface area contributed by atoms with Crippen LogP contribution in [0.15, 0.2) is 40.2 Å². The first-order chi connectivity index (χ1) is 13.6. The topological polar surface area (TPSA) is 55.8 Å². The van der Waals surface area contributed by atoms with Crippen molar-refractivity contribution in [2.24, 2.45) is 0 Å². The molecule has 0 aliphatic carbocycles. The molecule has 30 heavy (non-hydrogen) atoms. The van der Waals surface area contributed by atoms with Crippen molar-refractivity contribution in [3.63, 3.8) is 0 Å². The summed E-state index contributed by atoms with van der Waals surface area (Å²) in [6, 6.07) is 8.80. The van der Waals surface area contributed by atoms with Crippen molar-refractivity contribution in [3.8, 4) is 5.75 Å². The first kappa shape index (κ1) is 24.6. The maximum atomic E-state index is 13.2. The first-order valence-electron chi connectivity index (χ1n) is 9.72. The number of carbonyl (C=O) groups excluding carboxylic acids is 2. The molecule has 8 heteroatoms.